The number of carbonyl (C=O) groups is 4. The van der Waals surface area contributed by atoms with Crippen molar-refractivity contribution in [1.82, 2.24) is 0 Å². The molecule has 10 heteroatoms. The third kappa shape index (κ3) is 4.43. The predicted molar refractivity (Wildman–Crippen MR) is 122 cm³/mol. The number of ketones is 1. The molecule has 1 heterocycles. The summed E-state index contributed by atoms with van der Waals surface area (Å²) in [4.78, 5) is 61.8. The first-order valence-corrected chi connectivity index (χ1v) is 11.2. The standard InChI is InChI=1S/C24H21ClN2O7/c1-13-2-8-17-18(10-13)23(30)26(22(17)29)16-6-3-14(4-7-16)24(31)34-12-21(28)15-5-9-19(25)20(11-15)27(32)33/h3-7,9,11,13,17-18H,2,8,10,12H2,1H3/t13-,17+,18-/m1/s1. The minimum Gasteiger partial charge on any atom is -0.454 e. The second kappa shape index (κ2) is 9.34. The highest BCUT2D eigenvalue weighted by molar-refractivity contribution is 6.32. The largest absolute Gasteiger partial charge is 0.454 e. The number of halogens is 1. The number of fused-ring (bicyclic) bond motifs is 1. The van der Waals surface area contributed by atoms with E-state index >= 15 is 0 Å². The Balaban J connectivity index is 1.40. The SMILES string of the molecule is C[C@@H]1CC[C@@H]2C(=O)N(c3ccc(C(=O)OCC(=O)c4ccc(Cl)c([N+](=O)[O-])c4)cc3)C(=O)[C@@H]2C1. The van der Waals surface area contributed by atoms with E-state index in [4.69, 9.17) is 16.3 Å². The van der Waals surface area contributed by atoms with Crippen LogP contribution >= 0.6 is 11.6 Å². The van der Waals surface area contributed by atoms with Gasteiger partial charge in [0.05, 0.1) is 28.0 Å². The van der Waals surface area contributed by atoms with Crippen LogP contribution in [0.5, 0.6) is 0 Å². The van der Waals surface area contributed by atoms with Gasteiger partial charge in [-0.05, 0) is 61.6 Å². The van der Waals surface area contributed by atoms with Crippen LogP contribution < -0.4 is 4.90 Å². The highest BCUT2D eigenvalue weighted by Crippen LogP contribution is 2.42. The Morgan fingerprint density at radius 3 is 2.38 bits per heavy atom. The molecule has 0 bridgehead atoms. The zero-order chi connectivity index (χ0) is 24.6. The summed E-state index contributed by atoms with van der Waals surface area (Å²) >= 11 is 5.74. The molecule has 0 spiro atoms. The number of nitrogens with zero attached hydrogens (tertiary/aromatic N) is 2. The third-order valence-electron chi connectivity index (χ3n) is 6.35. The first kappa shape index (κ1) is 23.6. The molecule has 0 aromatic heterocycles. The summed E-state index contributed by atoms with van der Waals surface area (Å²) in [5.41, 5.74) is 0.0813. The van der Waals surface area contributed by atoms with Gasteiger partial charge >= 0.3 is 5.97 Å². The molecule has 2 fully saturated rings. The van der Waals surface area contributed by atoms with Gasteiger partial charge in [0.1, 0.15) is 5.02 Å². The van der Waals surface area contributed by atoms with Gasteiger partial charge in [-0.25, -0.2) is 4.79 Å². The number of hydrogen-bond acceptors (Lipinski definition) is 7. The monoisotopic (exact) mass is 484 g/mol. The van der Waals surface area contributed by atoms with Crippen LogP contribution in [-0.4, -0.2) is 35.1 Å². The molecule has 1 saturated heterocycles. The van der Waals surface area contributed by atoms with Gasteiger partial charge in [0.15, 0.2) is 6.61 Å². The highest BCUT2D eigenvalue weighted by Gasteiger charge is 2.49. The van der Waals surface area contributed by atoms with Crippen molar-refractivity contribution >= 4 is 46.5 Å². The van der Waals surface area contributed by atoms with E-state index in [0.29, 0.717) is 24.4 Å². The van der Waals surface area contributed by atoms with E-state index in [1.807, 2.05) is 0 Å². The summed E-state index contributed by atoms with van der Waals surface area (Å²) in [6.07, 6.45) is 2.31. The summed E-state index contributed by atoms with van der Waals surface area (Å²) in [6.45, 7) is 1.46. The number of Topliss-reactive ketones (excluding diaryl/α,β-unsaturated/α-hetero) is 1. The van der Waals surface area contributed by atoms with E-state index in [1.165, 1.54) is 41.3 Å². The lowest BCUT2D eigenvalue weighted by Crippen LogP contribution is -2.30. The Kier molecular flexibility index (Phi) is 6.47. The van der Waals surface area contributed by atoms with Gasteiger partial charge in [-0.3, -0.25) is 29.4 Å². The first-order chi connectivity index (χ1) is 16.2. The summed E-state index contributed by atoms with van der Waals surface area (Å²) in [6, 6.07) is 9.39. The van der Waals surface area contributed by atoms with Gasteiger partial charge in [-0.1, -0.05) is 18.5 Å². The van der Waals surface area contributed by atoms with Crippen LogP contribution in [0.2, 0.25) is 5.02 Å². The number of anilines is 1. The third-order valence-corrected chi connectivity index (χ3v) is 6.67. The van der Waals surface area contributed by atoms with Crippen molar-refractivity contribution in [3.05, 3.63) is 68.7 Å². The summed E-state index contributed by atoms with van der Waals surface area (Å²) in [5.74, 6) is -2.02. The molecule has 1 aliphatic heterocycles. The molecule has 2 amide bonds. The van der Waals surface area contributed by atoms with Crippen LogP contribution in [0.15, 0.2) is 42.5 Å². The maximum absolute atomic E-state index is 12.8. The number of benzene rings is 2. The topological polar surface area (TPSA) is 124 Å². The molecule has 0 unspecified atom stereocenters. The quantitative estimate of drug-likeness (QED) is 0.198. The van der Waals surface area contributed by atoms with Crippen molar-refractivity contribution < 1.29 is 28.8 Å². The zero-order valence-corrected chi connectivity index (χ0v) is 19.0. The van der Waals surface area contributed by atoms with Crippen LogP contribution in [0.1, 0.15) is 46.9 Å². The van der Waals surface area contributed by atoms with Crippen molar-refractivity contribution in [3.8, 4) is 0 Å². The van der Waals surface area contributed by atoms with Gasteiger partial charge in [0.2, 0.25) is 17.6 Å². The van der Waals surface area contributed by atoms with Crippen molar-refractivity contribution in [3.63, 3.8) is 0 Å². The maximum Gasteiger partial charge on any atom is 0.338 e. The van der Waals surface area contributed by atoms with E-state index < -0.39 is 29.0 Å². The number of nitro groups is 1. The molecule has 3 atom stereocenters. The number of nitro benzene ring substituents is 1. The molecule has 1 aliphatic carbocycles. The van der Waals surface area contributed by atoms with Gasteiger partial charge in [-0.2, -0.15) is 0 Å². The number of rotatable bonds is 6. The molecule has 2 aliphatic rings. The minimum atomic E-state index is -0.787. The molecule has 34 heavy (non-hydrogen) atoms. The Morgan fingerprint density at radius 2 is 1.71 bits per heavy atom. The number of imide groups is 1. The second-order valence-corrected chi connectivity index (χ2v) is 9.02. The van der Waals surface area contributed by atoms with E-state index in [2.05, 4.69) is 6.92 Å². The van der Waals surface area contributed by atoms with Crippen LogP contribution in [0.4, 0.5) is 11.4 Å². The van der Waals surface area contributed by atoms with Gasteiger partial charge < -0.3 is 4.74 Å². The van der Waals surface area contributed by atoms with Gasteiger partial charge in [0.25, 0.3) is 5.69 Å². The van der Waals surface area contributed by atoms with Crippen LogP contribution in [-0.2, 0) is 14.3 Å². The van der Waals surface area contributed by atoms with Gasteiger partial charge in [-0.15, -0.1) is 0 Å². The van der Waals surface area contributed by atoms with E-state index in [-0.39, 0.29) is 39.8 Å². The van der Waals surface area contributed by atoms with Gasteiger partial charge in [0, 0.05) is 11.6 Å². The molecule has 0 N–H and O–H groups in total. The van der Waals surface area contributed by atoms with Crippen LogP contribution in [0, 0.1) is 27.9 Å². The lowest BCUT2D eigenvalue weighted by Gasteiger charge is -2.25. The fraction of sp³-hybridized carbons (Fsp3) is 0.333. The lowest BCUT2D eigenvalue weighted by atomic mass is 9.76. The van der Waals surface area contributed by atoms with Crippen LogP contribution in [0.3, 0.4) is 0 Å². The van der Waals surface area contributed by atoms with Crippen LogP contribution in [0.25, 0.3) is 0 Å². The average molecular weight is 485 g/mol. The molecule has 2 aromatic rings. The van der Waals surface area contributed by atoms with Crippen molar-refractivity contribution in [1.29, 1.82) is 0 Å². The summed E-state index contributed by atoms with van der Waals surface area (Å²) < 4.78 is 5.03. The van der Waals surface area contributed by atoms with Crippen molar-refractivity contribution in [2.75, 3.05) is 11.5 Å². The highest BCUT2D eigenvalue weighted by atomic mass is 35.5. The summed E-state index contributed by atoms with van der Waals surface area (Å²) in [7, 11) is 0. The first-order valence-electron chi connectivity index (χ1n) is 10.8. The summed E-state index contributed by atoms with van der Waals surface area (Å²) in [5, 5.41) is 10.9. The normalized spacial score (nSPS) is 21.8. The average Bonchev–Trinajstić information content (AvgIpc) is 3.06. The lowest BCUT2D eigenvalue weighted by molar-refractivity contribution is -0.384. The molecule has 1 saturated carbocycles. The van der Waals surface area contributed by atoms with Crippen molar-refractivity contribution in [2.45, 2.75) is 26.2 Å². The Labute approximate surface area is 199 Å². The van der Waals surface area contributed by atoms with E-state index in [0.717, 1.165) is 12.5 Å². The predicted octanol–water partition coefficient (Wildman–Crippen LogP) is 4.21. The minimum absolute atomic E-state index is 0.0129. The number of hydrogen-bond donors (Lipinski definition) is 0. The molecular formula is C24H21ClN2O7. The van der Waals surface area contributed by atoms with E-state index in [9.17, 15) is 29.3 Å². The maximum atomic E-state index is 12.8. The second-order valence-electron chi connectivity index (χ2n) is 8.61. The fourth-order valence-electron chi connectivity index (χ4n) is 4.51. The Morgan fingerprint density at radius 1 is 1.06 bits per heavy atom. The number of carbonyl (C=O) groups excluding carboxylic acids is 4. The molecule has 2 aromatic carbocycles. The number of esters is 1. The molecule has 4 rings (SSSR count). The molecular weight excluding hydrogens is 464 g/mol. The number of amides is 2. The molecule has 9 nitrogen and oxygen atoms in total. The zero-order valence-electron chi connectivity index (χ0n) is 18.2. The smallest absolute Gasteiger partial charge is 0.338 e. The molecule has 0 radical (unpaired) electrons. The fourth-order valence-corrected chi connectivity index (χ4v) is 4.70. The molecule has 176 valence electrons. The Hall–Kier alpha value is -3.59. The Bertz CT molecular complexity index is 1190. The van der Waals surface area contributed by atoms with E-state index in [1.54, 1.807) is 0 Å². The van der Waals surface area contributed by atoms with Crippen molar-refractivity contribution in [2.24, 2.45) is 17.8 Å². The number of ether oxygens (including phenoxy) is 1.